The summed E-state index contributed by atoms with van der Waals surface area (Å²) in [5.41, 5.74) is 1.08. The van der Waals surface area contributed by atoms with Crippen LogP contribution in [0.15, 0.2) is 0 Å². The third-order valence-corrected chi connectivity index (χ3v) is 3.56. The van der Waals surface area contributed by atoms with Crippen LogP contribution >= 0.6 is 22.8 Å². The third-order valence-electron chi connectivity index (χ3n) is 0.732. The Morgan fingerprint density at radius 2 is 2.20 bits per heavy atom. The van der Waals surface area contributed by atoms with Crippen molar-refractivity contribution in [3.8, 4) is 0 Å². The summed E-state index contributed by atoms with van der Waals surface area (Å²) < 4.78 is 0. The fourth-order valence-corrected chi connectivity index (χ4v) is 1.95. The predicted octanol–water partition coefficient (Wildman–Crippen LogP) is 2.14. The van der Waals surface area contributed by atoms with Gasteiger partial charge in [0, 0.05) is 0 Å². The van der Waals surface area contributed by atoms with Crippen LogP contribution < -0.4 is 0 Å². The number of halogens is 1. The molecule has 0 aromatic rings. The molecular formula is C3H6BrP. The molecule has 0 saturated heterocycles. The molecule has 1 unspecified atom stereocenters. The summed E-state index contributed by atoms with van der Waals surface area (Å²) in [7, 11) is 1.04. The molecule has 0 aromatic heterocycles. The lowest BCUT2D eigenvalue weighted by molar-refractivity contribution is 1.50. The Bertz CT molecular complexity index is 33.9. The molecule has 0 aromatic carbocycles. The van der Waals surface area contributed by atoms with Crippen molar-refractivity contribution in [2.24, 2.45) is 0 Å². The van der Waals surface area contributed by atoms with Gasteiger partial charge in [-0.3, -0.25) is 0 Å². The Balaban J connectivity index is 2.00. The van der Waals surface area contributed by atoms with Crippen molar-refractivity contribution < 1.29 is 0 Å². The molecule has 1 fully saturated rings. The summed E-state index contributed by atoms with van der Waals surface area (Å²) in [6, 6.07) is 0. The van der Waals surface area contributed by atoms with Gasteiger partial charge in [0.05, 0.1) is 0 Å². The van der Waals surface area contributed by atoms with Crippen molar-refractivity contribution in [3.63, 3.8) is 0 Å². The summed E-state index contributed by atoms with van der Waals surface area (Å²) in [5.74, 6) is 0. The highest BCUT2D eigenvalue weighted by molar-refractivity contribution is 9.36. The summed E-state index contributed by atoms with van der Waals surface area (Å²) in [6.07, 6.45) is 2.95. The van der Waals surface area contributed by atoms with Crippen LogP contribution in [-0.2, 0) is 0 Å². The average Bonchev–Trinajstić information content (AvgIpc) is 2.12. The molecule has 0 spiro atoms. The molecule has 0 bridgehead atoms. The van der Waals surface area contributed by atoms with Gasteiger partial charge in [0.25, 0.3) is 0 Å². The van der Waals surface area contributed by atoms with Gasteiger partial charge in [0.2, 0.25) is 0 Å². The number of hydrogen-bond acceptors (Lipinski definition) is 0. The normalized spacial score (nSPS) is 25.8. The van der Waals surface area contributed by atoms with Crippen LogP contribution in [0.3, 0.4) is 0 Å². The Kier molecular flexibility index (Phi) is 1.28. The van der Waals surface area contributed by atoms with Gasteiger partial charge in [0.1, 0.15) is 0 Å². The zero-order chi connectivity index (χ0) is 3.70. The minimum atomic E-state index is 1.04. The van der Waals surface area contributed by atoms with Gasteiger partial charge in [-0.15, -0.1) is 0 Å². The summed E-state index contributed by atoms with van der Waals surface area (Å²) >= 11 is 3.40. The van der Waals surface area contributed by atoms with E-state index in [2.05, 4.69) is 15.5 Å². The van der Waals surface area contributed by atoms with Crippen LogP contribution in [0.25, 0.3) is 0 Å². The van der Waals surface area contributed by atoms with Crippen molar-refractivity contribution >= 4 is 22.8 Å². The maximum atomic E-state index is 3.40. The largest absolute Gasteiger partial charge is 0.0639 e. The minimum Gasteiger partial charge on any atom is -0.0639 e. The molecule has 1 aliphatic rings. The van der Waals surface area contributed by atoms with E-state index in [9.17, 15) is 0 Å². The quantitative estimate of drug-likeness (QED) is 0.506. The highest BCUT2D eigenvalue weighted by atomic mass is 79.9. The number of hydrogen-bond donors (Lipinski definition) is 0. The van der Waals surface area contributed by atoms with Gasteiger partial charge in [0.15, 0.2) is 0 Å². The van der Waals surface area contributed by atoms with Crippen molar-refractivity contribution in [2.45, 2.75) is 18.5 Å². The maximum Gasteiger partial charge on any atom is -0.0138 e. The molecule has 2 heteroatoms. The Labute approximate surface area is 41.9 Å². The van der Waals surface area contributed by atoms with Gasteiger partial charge in [-0.2, -0.15) is 0 Å². The molecule has 1 saturated carbocycles. The second-order valence-electron chi connectivity index (χ2n) is 1.38. The monoisotopic (exact) mass is 152 g/mol. The molecule has 0 nitrogen and oxygen atoms in total. The lowest BCUT2D eigenvalue weighted by atomic mass is 11.0. The van der Waals surface area contributed by atoms with Gasteiger partial charge >= 0.3 is 0 Å². The van der Waals surface area contributed by atoms with E-state index in [-0.39, 0.29) is 0 Å². The Morgan fingerprint density at radius 3 is 2.20 bits per heavy atom. The molecule has 1 atom stereocenters. The van der Waals surface area contributed by atoms with E-state index >= 15 is 0 Å². The SMILES string of the molecule is BrPC1CC1. The molecule has 0 amide bonds. The molecule has 30 valence electrons. The molecule has 0 heterocycles. The van der Waals surface area contributed by atoms with Crippen molar-refractivity contribution in [3.05, 3.63) is 0 Å². The lowest BCUT2D eigenvalue weighted by Gasteiger charge is -1.71. The predicted molar refractivity (Wildman–Crippen MR) is 30.3 cm³/mol. The van der Waals surface area contributed by atoms with Crippen molar-refractivity contribution in [2.75, 3.05) is 0 Å². The average molecular weight is 153 g/mol. The molecule has 1 rings (SSSR count). The van der Waals surface area contributed by atoms with Crippen molar-refractivity contribution in [1.82, 2.24) is 0 Å². The third kappa shape index (κ3) is 1.19. The summed E-state index contributed by atoms with van der Waals surface area (Å²) in [4.78, 5) is 0. The van der Waals surface area contributed by atoms with Gasteiger partial charge in [-0.25, -0.2) is 0 Å². The van der Waals surface area contributed by atoms with E-state index < -0.39 is 0 Å². The second-order valence-corrected chi connectivity index (χ2v) is 3.79. The molecular weight excluding hydrogens is 147 g/mol. The molecule has 5 heavy (non-hydrogen) atoms. The van der Waals surface area contributed by atoms with E-state index in [0.29, 0.717) is 0 Å². The first-order valence-corrected chi connectivity index (χ1v) is 5.13. The summed E-state index contributed by atoms with van der Waals surface area (Å²) in [6.45, 7) is 0. The van der Waals surface area contributed by atoms with Gasteiger partial charge in [-0.1, -0.05) is 15.5 Å². The van der Waals surface area contributed by atoms with Crippen LogP contribution in [-0.4, -0.2) is 5.66 Å². The van der Waals surface area contributed by atoms with Crippen LogP contribution in [0.1, 0.15) is 12.8 Å². The van der Waals surface area contributed by atoms with Gasteiger partial charge < -0.3 is 0 Å². The molecule has 0 N–H and O–H groups in total. The first-order valence-electron chi connectivity index (χ1n) is 1.79. The topological polar surface area (TPSA) is 0 Å². The maximum absolute atomic E-state index is 3.40. The fourth-order valence-electron chi connectivity index (χ4n) is 0.192. The molecule has 0 aliphatic heterocycles. The van der Waals surface area contributed by atoms with E-state index in [1.54, 1.807) is 0 Å². The van der Waals surface area contributed by atoms with Crippen LogP contribution in [0.4, 0.5) is 0 Å². The highest BCUT2D eigenvalue weighted by Crippen LogP contribution is 2.43. The zero-order valence-electron chi connectivity index (χ0n) is 2.87. The van der Waals surface area contributed by atoms with Crippen LogP contribution in [0, 0.1) is 0 Å². The molecule has 0 radical (unpaired) electrons. The lowest BCUT2D eigenvalue weighted by Crippen LogP contribution is -1.49. The zero-order valence-corrected chi connectivity index (χ0v) is 5.46. The first kappa shape index (κ1) is 4.08. The second kappa shape index (κ2) is 1.57. The standard InChI is InChI=1S/C3H6BrP/c4-5-3-1-2-3/h3,5H,1-2H2. The van der Waals surface area contributed by atoms with Gasteiger partial charge in [-0.05, 0) is 25.8 Å². The van der Waals surface area contributed by atoms with E-state index in [4.69, 9.17) is 0 Å². The van der Waals surface area contributed by atoms with Crippen LogP contribution in [0.2, 0.25) is 0 Å². The summed E-state index contributed by atoms with van der Waals surface area (Å²) in [5, 5.41) is 0. The van der Waals surface area contributed by atoms with Crippen LogP contribution in [0.5, 0.6) is 0 Å². The smallest absolute Gasteiger partial charge is 0.0138 e. The van der Waals surface area contributed by atoms with E-state index in [1.807, 2.05) is 0 Å². The van der Waals surface area contributed by atoms with E-state index in [0.717, 1.165) is 12.9 Å². The number of rotatable bonds is 1. The molecule has 1 aliphatic carbocycles. The minimum absolute atomic E-state index is 1.04. The van der Waals surface area contributed by atoms with E-state index in [1.165, 1.54) is 12.8 Å². The fraction of sp³-hybridized carbons (Fsp3) is 1.00. The first-order chi connectivity index (χ1) is 2.43. The Hall–Kier alpha value is 0.910. The van der Waals surface area contributed by atoms with Crippen molar-refractivity contribution in [1.29, 1.82) is 0 Å². The Morgan fingerprint density at radius 1 is 1.60 bits per heavy atom. The highest BCUT2D eigenvalue weighted by Gasteiger charge is 2.18.